The zero-order chi connectivity index (χ0) is 10.1. The molecule has 0 saturated carbocycles. The highest BCUT2D eigenvalue weighted by Crippen LogP contribution is 2.18. The standard InChI is InChI=1S/C8H7N3O3/c1-4-2-5(10-9-4)7-3-6(8(12)13)11-14-7/h2-3H,1H3,(H,9,10)(H,12,13). The summed E-state index contributed by atoms with van der Waals surface area (Å²) in [6.07, 6.45) is 0. The highest BCUT2D eigenvalue weighted by Gasteiger charge is 2.13. The second-order valence-corrected chi connectivity index (χ2v) is 2.82. The Hall–Kier alpha value is -2.11. The smallest absolute Gasteiger partial charge is 0.358 e. The van der Waals surface area contributed by atoms with Crippen molar-refractivity contribution in [2.75, 3.05) is 0 Å². The Morgan fingerprint density at radius 2 is 2.36 bits per heavy atom. The average Bonchev–Trinajstić information content (AvgIpc) is 2.70. The van der Waals surface area contributed by atoms with Crippen molar-refractivity contribution in [2.45, 2.75) is 6.92 Å². The van der Waals surface area contributed by atoms with Crippen LogP contribution in [0.2, 0.25) is 0 Å². The van der Waals surface area contributed by atoms with Gasteiger partial charge in [-0.1, -0.05) is 5.16 Å². The fraction of sp³-hybridized carbons (Fsp3) is 0.125. The van der Waals surface area contributed by atoms with Crippen LogP contribution in [0.4, 0.5) is 0 Å². The molecule has 2 aromatic heterocycles. The van der Waals surface area contributed by atoms with Crippen LogP contribution in [0.5, 0.6) is 0 Å². The molecule has 2 rings (SSSR count). The van der Waals surface area contributed by atoms with Crippen LogP contribution in [0.3, 0.4) is 0 Å². The minimum atomic E-state index is -1.12. The summed E-state index contributed by atoms with van der Waals surface area (Å²) in [5.74, 6) is -0.779. The van der Waals surface area contributed by atoms with Crippen LogP contribution in [0.1, 0.15) is 16.2 Å². The molecule has 2 N–H and O–H groups in total. The number of aromatic amines is 1. The lowest BCUT2D eigenvalue weighted by atomic mass is 10.3. The number of hydrogen-bond acceptors (Lipinski definition) is 4. The van der Waals surface area contributed by atoms with Gasteiger partial charge in [0.25, 0.3) is 0 Å². The Morgan fingerprint density at radius 3 is 2.86 bits per heavy atom. The molecule has 2 heterocycles. The molecule has 72 valence electrons. The summed E-state index contributed by atoms with van der Waals surface area (Å²) in [6, 6.07) is 3.07. The maximum atomic E-state index is 10.5. The number of carboxylic acids is 1. The second kappa shape index (κ2) is 2.99. The number of aromatic carboxylic acids is 1. The maximum absolute atomic E-state index is 10.5. The summed E-state index contributed by atoms with van der Waals surface area (Å²) >= 11 is 0. The van der Waals surface area contributed by atoms with Gasteiger partial charge in [-0.25, -0.2) is 4.79 Å². The zero-order valence-corrected chi connectivity index (χ0v) is 7.31. The van der Waals surface area contributed by atoms with Crippen molar-refractivity contribution in [3.63, 3.8) is 0 Å². The third kappa shape index (κ3) is 1.37. The molecule has 6 nitrogen and oxygen atoms in total. The summed E-state index contributed by atoms with van der Waals surface area (Å²) in [6.45, 7) is 1.84. The molecular formula is C8H7N3O3. The minimum absolute atomic E-state index is 0.124. The van der Waals surface area contributed by atoms with Gasteiger partial charge in [0.1, 0.15) is 5.69 Å². The molecule has 6 heteroatoms. The number of carboxylic acid groups (broad SMARTS) is 1. The largest absolute Gasteiger partial charge is 0.476 e. The van der Waals surface area contributed by atoms with Gasteiger partial charge in [-0.05, 0) is 13.0 Å². The molecule has 0 aliphatic rings. The highest BCUT2D eigenvalue weighted by molar-refractivity contribution is 5.86. The third-order valence-corrected chi connectivity index (χ3v) is 1.69. The SMILES string of the molecule is Cc1cc(-c2cc(C(=O)O)no2)n[nH]1. The molecule has 0 bridgehead atoms. The van der Waals surface area contributed by atoms with E-state index in [4.69, 9.17) is 9.63 Å². The van der Waals surface area contributed by atoms with Gasteiger partial charge in [0, 0.05) is 11.8 Å². The van der Waals surface area contributed by atoms with Crippen molar-refractivity contribution in [1.29, 1.82) is 0 Å². The monoisotopic (exact) mass is 193 g/mol. The highest BCUT2D eigenvalue weighted by atomic mass is 16.5. The van der Waals surface area contributed by atoms with Crippen molar-refractivity contribution in [1.82, 2.24) is 15.4 Å². The molecule has 0 fully saturated rings. The van der Waals surface area contributed by atoms with Gasteiger partial charge < -0.3 is 9.63 Å². The average molecular weight is 193 g/mol. The lowest BCUT2D eigenvalue weighted by Crippen LogP contribution is -1.94. The summed E-state index contributed by atoms with van der Waals surface area (Å²) in [5, 5.41) is 18.6. The van der Waals surface area contributed by atoms with E-state index < -0.39 is 5.97 Å². The molecule has 0 atom stereocenters. The van der Waals surface area contributed by atoms with Crippen LogP contribution < -0.4 is 0 Å². The summed E-state index contributed by atoms with van der Waals surface area (Å²) < 4.78 is 4.81. The quantitative estimate of drug-likeness (QED) is 0.744. The number of rotatable bonds is 2. The van der Waals surface area contributed by atoms with E-state index in [-0.39, 0.29) is 5.69 Å². The van der Waals surface area contributed by atoms with Crippen molar-refractivity contribution < 1.29 is 14.4 Å². The third-order valence-electron chi connectivity index (χ3n) is 1.69. The Kier molecular flexibility index (Phi) is 1.81. The minimum Gasteiger partial charge on any atom is -0.476 e. The predicted octanol–water partition coefficient (Wildman–Crippen LogP) is 1.07. The van der Waals surface area contributed by atoms with E-state index in [1.807, 2.05) is 6.92 Å². The summed E-state index contributed by atoms with van der Waals surface area (Å²) in [7, 11) is 0. The first-order chi connectivity index (χ1) is 6.66. The van der Waals surface area contributed by atoms with Crippen LogP contribution in [-0.2, 0) is 0 Å². The number of nitrogens with one attached hydrogen (secondary N) is 1. The van der Waals surface area contributed by atoms with Crippen LogP contribution in [-0.4, -0.2) is 26.4 Å². The van der Waals surface area contributed by atoms with E-state index in [2.05, 4.69) is 15.4 Å². The second-order valence-electron chi connectivity index (χ2n) is 2.82. The van der Waals surface area contributed by atoms with Crippen LogP contribution in [0.25, 0.3) is 11.5 Å². The number of carbonyl (C=O) groups is 1. The van der Waals surface area contributed by atoms with Gasteiger partial charge in [0.15, 0.2) is 11.5 Å². The fourth-order valence-electron chi connectivity index (χ4n) is 1.04. The molecule has 0 radical (unpaired) electrons. The lowest BCUT2D eigenvalue weighted by Gasteiger charge is -1.81. The molecule has 0 spiro atoms. The maximum Gasteiger partial charge on any atom is 0.358 e. The summed E-state index contributed by atoms with van der Waals surface area (Å²) in [4.78, 5) is 10.5. The van der Waals surface area contributed by atoms with Gasteiger partial charge >= 0.3 is 5.97 Å². The molecule has 0 unspecified atom stereocenters. The number of H-pyrrole nitrogens is 1. The van der Waals surface area contributed by atoms with Gasteiger partial charge in [-0.15, -0.1) is 0 Å². The number of aryl methyl sites for hydroxylation is 1. The molecule has 0 aromatic carbocycles. The van der Waals surface area contributed by atoms with Gasteiger partial charge in [-0.2, -0.15) is 5.10 Å². The van der Waals surface area contributed by atoms with Crippen LogP contribution in [0, 0.1) is 6.92 Å². The lowest BCUT2D eigenvalue weighted by molar-refractivity contribution is 0.0686. The van der Waals surface area contributed by atoms with E-state index in [9.17, 15) is 4.79 Å². The molecule has 0 aliphatic carbocycles. The number of hydrogen-bond donors (Lipinski definition) is 2. The van der Waals surface area contributed by atoms with E-state index in [0.717, 1.165) is 5.69 Å². The fourth-order valence-corrected chi connectivity index (χ4v) is 1.04. The van der Waals surface area contributed by atoms with Crippen molar-refractivity contribution in [3.05, 3.63) is 23.5 Å². The summed E-state index contributed by atoms with van der Waals surface area (Å²) in [5.41, 5.74) is 1.29. The number of aromatic nitrogens is 3. The first-order valence-corrected chi connectivity index (χ1v) is 3.89. The molecule has 0 saturated heterocycles. The molecule has 14 heavy (non-hydrogen) atoms. The Bertz CT molecular complexity index is 472. The normalized spacial score (nSPS) is 10.4. The van der Waals surface area contributed by atoms with Crippen LogP contribution >= 0.6 is 0 Å². The first-order valence-electron chi connectivity index (χ1n) is 3.89. The Morgan fingerprint density at radius 1 is 1.57 bits per heavy atom. The van der Waals surface area contributed by atoms with E-state index in [1.165, 1.54) is 6.07 Å². The number of nitrogens with zero attached hydrogens (tertiary/aromatic N) is 2. The van der Waals surface area contributed by atoms with Crippen molar-refractivity contribution in [2.24, 2.45) is 0 Å². The van der Waals surface area contributed by atoms with Gasteiger partial charge in [0.05, 0.1) is 0 Å². The zero-order valence-electron chi connectivity index (χ0n) is 7.31. The molecule has 0 aliphatic heterocycles. The van der Waals surface area contributed by atoms with Crippen LogP contribution in [0.15, 0.2) is 16.7 Å². The van der Waals surface area contributed by atoms with E-state index >= 15 is 0 Å². The van der Waals surface area contributed by atoms with E-state index in [1.54, 1.807) is 6.07 Å². The Labute approximate surface area is 78.5 Å². The van der Waals surface area contributed by atoms with Crippen molar-refractivity contribution in [3.8, 4) is 11.5 Å². The Balaban J connectivity index is 2.38. The molecule has 2 aromatic rings. The van der Waals surface area contributed by atoms with E-state index in [0.29, 0.717) is 11.5 Å². The topological polar surface area (TPSA) is 92.0 Å². The predicted molar refractivity (Wildman–Crippen MR) is 45.8 cm³/mol. The molecular weight excluding hydrogens is 186 g/mol. The van der Waals surface area contributed by atoms with Crippen molar-refractivity contribution >= 4 is 5.97 Å². The van der Waals surface area contributed by atoms with Gasteiger partial charge in [-0.3, -0.25) is 5.10 Å². The first kappa shape index (κ1) is 8.49. The molecule has 0 amide bonds. The van der Waals surface area contributed by atoms with Gasteiger partial charge in [0.2, 0.25) is 0 Å².